The largest absolute Gasteiger partial charge is 0.482 e. The van der Waals surface area contributed by atoms with Gasteiger partial charge in [0.05, 0.1) is 12.9 Å². The number of carbonyl (C=O) groups is 2. The second-order valence-corrected chi connectivity index (χ2v) is 10.9. The maximum Gasteiger partial charge on any atom is 0.341 e. The molecule has 0 bridgehead atoms. The first-order chi connectivity index (χ1) is 19.2. The number of esters is 1. The molecular weight excluding hydrogens is 575 g/mol. The monoisotopic (exact) mass is 600 g/mol. The number of hydrogen-bond donors (Lipinski definition) is 1. The van der Waals surface area contributed by atoms with E-state index in [2.05, 4.69) is 22.1 Å². The summed E-state index contributed by atoms with van der Waals surface area (Å²) in [6.45, 7) is 8.00. The SMILES string of the molecule is C=CCn1c(SCC(=O)Nc2scc(-c3ccc(F)cc3)c2C(=O)OC)nnc1C(C)Oc1ccc(Cl)cc1C. The van der Waals surface area contributed by atoms with Gasteiger partial charge in [0.2, 0.25) is 5.91 Å². The van der Waals surface area contributed by atoms with Gasteiger partial charge in [-0.15, -0.1) is 28.1 Å². The predicted octanol–water partition coefficient (Wildman–Crippen LogP) is 6.95. The lowest BCUT2D eigenvalue weighted by atomic mass is 10.0. The van der Waals surface area contributed by atoms with Crippen LogP contribution in [0.3, 0.4) is 0 Å². The van der Waals surface area contributed by atoms with Crippen molar-refractivity contribution in [2.45, 2.75) is 31.7 Å². The third kappa shape index (κ3) is 6.72. The van der Waals surface area contributed by atoms with Crippen LogP contribution in [-0.2, 0) is 16.1 Å². The quantitative estimate of drug-likeness (QED) is 0.113. The standard InChI is InChI=1S/C28H26ClFN4O4S2/c1-5-12-34-25(17(3)38-22-11-8-19(29)13-16(22)2)32-33-28(34)40-15-23(35)31-26-24(27(36)37-4)21(14-39-26)18-6-9-20(30)10-7-18/h5-11,13-14,17H,1,12,15H2,2-4H3,(H,31,35). The Morgan fingerprint density at radius 1 is 1.25 bits per heavy atom. The minimum absolute atomic E-state index is 0.00516. The number of carbonyl (C=O) groups excluding carboxylic acids is 2. The fourth-order valence-electron chi connectivity index (χ4n) is 3.89. The molecule has 2 aromatic heterocycles. The summed E-state index contributed by atoms with van der Waals surface area (Å²) in [6.07, 6.45) is 1.27. The molecule has 0 aliphatic carbocycles. The van der Waals surface area contributed by atoms with Crippen molar-refractivity contribution in [3.8, 4) is 16.9 Å². The summed E-state index contributed by atoms with van der Waals surface area (Å²) in [6, 6.07) is 11.1. The lowest BCUT2D eigenvalue weighted by Crippen LogP contribution is -2.17. The number of hydrogen-bond acceptors (Lipinski definition) is 8. The number of allylic oxidation sites excluding steroid dienone is 1. The topological polar surface area (TPSA) is 95.3 Å². The first kappa shape index (κ1) is 29.3. The lowest BCUT2D eigenvalue weighted by molar-refractivity contribution is -0.113. The smallest absolute Gasteiger partial charge is 0.341 e. The second kappa shape index (κ2) is 13.1. The van der Waals surface area contributed by atoms with Crippen LogP contribution in [0.4, 0.5) is 9.39 Å². The molecule has 0 saturated heterocycles. The van der Waals surface area contributed by atoms with E-state index >= 15 is 0 Å². The molecule has 2 aromatic carbocycles. The van der Waals surface area contributed by atoms with Crippen LogP contribution in [0.5, 0.6) is 5.75 Å². The van der Waals surface area contributed by atoms with E-state index in [4.69, 9.17) is 21.1 Å². The number of aryl methyl sites for hydroxylation is 1. The van der Waals surface area contributed by atoms with Crippen molar-refractivity contribution in [2.24, 2.45) is 0 Å². The number of thiophene rings is 1. The summed E-state index contributed by atoms with van der Waals surface area (Å²) in [5, 5.41) is 14.6. The molecule has 1 amide bonds. The minimum atomic E-state index is -0.608. The highest BCUT2D eigenvalue weighted by Crippen LogP contribution is 2.36. The van der Waals surface area contributed by atoms with Gasteiger partial charge < -0.3 is 14.8 Å². The lowest BCUT2D eigenvalue weighted by Gasteiger charge is -2.17. The molecule has 0 aliphatic rings. The molecule has 4 aromatic rings. The van der Waals surface area contributed by atoms with Crippen LogP contribution in [0.15, 0.2) is 65.7 Å². The van der Waals surface area contributed by atoms with E-state index in [-0.39, 0.29) is 17.2 Å². The van der Waals surface area contributed by atoms with E-state index in [0.29, 0.717) is 44.4 Å². The molecule has 0 radical (unpaired) electrons. The maximum absolute atomic E-state index is 13.4. The fraction of sp³-hybridized carbons (Fsp3) is 0.214. The van der Waals surface area contributed by atoms with Crippen LogP contribution >= 0.6 is 34.7 Å². The third-order valence-corrected chi connectivity index (χ3v) is 7.88. The minimum Gasteiger partial charge on any atom is -0.482 e. The molecule has 0 aliphatic heterocycles. The van der Waals surface area contributed by atoms with Crippen LogP contribution in [0.25, 0.3) is 11.1 Å². The molecule has 1 N–H and O–H groups in total. The van der Waals surface area contributed by atoms with Crippen molar-refractivity contribution in [2.75, 3.05) is 18.2 Å². The molecule has 208 valence electrons. The Labute approximate surface area is 244 Å². The van der Waals surface area contributed by atoms with Crippen LogP contribution in [0.2, 0.25) is 5.02 Å². The van der Waals surface area contributed by atoms with Gasteiger partial charge in [0.25, 0.3) is 0 Å². The fourth-order valence-corrected chi connectivity index (χ4v) is 5.84. The number of nitrogens with one attached hydrogen (secondary N) is 1. The second-order valence-electron chi connectivity index (χ2n) is 8.60. The first-order valence-electron chi connectivity index (χ1n) is 12.1. The first-order valence-corrected chi connectivity index (χ1v) is 14.3. The summed E-state index contributed by atoms with van der Waals surface area (Å²) >= 11 is 8.43. The van der Waals surface area contributed by atoms with E-state index in [1.165, 1.54) is 42.3 Å². The van der Waals surface area contributed by atoms with Crippen LogP contribution in [-0.4, -0.2) is 39.5 Å². The molecular formula is C28H26ClFN4O4S2. The number of amides is 1. The molecule has 12 heteroatoms. The van der Waals surface area contributed by atoms with Gasteiger partial charge in [-0.25, -0.2) is 9.18 Å². The number of thioether (sulfide) groups is 1. The number of ether oxygens (including phenoxy) is 2. The summed E-state index contributed by atoms with van der Waals surface area (Å²) in [7, 11) is 1.26. The number of aromatic nitrogens is 3. The summed E-state index contributed by atoms with van der Waals surface area (Å²) in [4.78, 5) is 25.5. The Morgan fingerprint density at radius 3 is 2.67 bits per heavy atom. The molecule has 0 fully saturated rings. The van der Waals surface area contributed by atoms with Gasteiger partial charge in [0.15, 0.2) is 17.1 Å². The molecule has 2 heterocycles. The van der Waals surface area contributed by atoms with Crippen LogP contribution < -0.4 is 10.1 Å². The van der Waals surface area contributed by atoms with E-state index in [9.17, 15) is 14.0 Å². The highest BCUT2D eigenvalue weighted by Gasteiger charge is 2.24. The zero-order valence-corrected chi connectivity index (χ0v) is 24.3. The maximum atomic E-state index is 13.4. The van der Waals surface area contributed by atoms with Gasteiger partial charge >= 0.3 is 5.97 Å². The highest BCUT2D eigenvalue weighted by atomic mass is 35.5. The van der Waals surface area contributed by atoms with Crippen molar-refractivity contribution in [3.63, 3.8) is 0 Å². The predicted molar refractivity (Wildman–Crippen MR) is 156 cm³/mol. The van der Waals surface area contributed by atoms with E-state index in [1.807, 2.05) is 24.5 Å². The average Bonchev–Trinajstić information content (AvgIpc) is 3.53. The van der Waals surface area contributed by atoms with Gasteiger partial charge in [0, 0.05) is 22.5 Å². The van der Waals surface area contributed by atoms with Gasteiger partial charge in [-0.05, 0) is 55.3 Å². The average molecular weight is 601 g/mol. The molecule has 40 heavy (non-hydrogen) atoms. The Morgan fingerprint density at radius 2 is 2.00 bits per heavy atom. The summed E-state index contributed by atoms with van der Waals surface area (Å²) in [5.41, 5.74) is 2.27. The molecule has 1 unspecified atom stereocenters. The van der Waals surface area contributed by atoms with Crippen LogP contribution in [0, 0.1) is 12.7 Å². The van der Waals surface area contributed by atoms with Crippen molar-refractivity contribution >= 4 is 51.6 Å². The molecule has 8 nitrogen and oxygen atoms in total. The number of halogens is 2. The van der Waals surface area contributed by atoms with Gasteiger partial charge in [-0.2, -0.15) is 0 Å². The zero-order chi connectivity index (χ0) is 28.8. The van der Waals surface area contributed by atoms with Gasteiger partial charge in [0.1, 0.15) is 22.1 Å². The third-order valence-electron chi connectivity index (χ3n) is 5.78. The summed E-state index contributed by atoms with van der Waals surface area (Å²) in [5.74, 6) is -0.0891. The number of rotatable bonds is 11. The Hall–Kier alpha value is -3.67. The van der Waals surface area contributed by atoms with E-state index in [0.717, 1.165) is 5.56 Å². The van der Waals surface area contributed by atoms with Crippen molar-refractivity contribution in [3.05, 3.63) is 88.3 Å². The number of benzene rings is 2. The molecule has 0 spiro atoms. The Bertz CT molecular complexity index is 1540. The van der Waals surface area contributed by atoms with Crippen LogP contribution in [0.1, 0.15) is 34.8 Å². The number of methoxy groups -OCH3 is 1. The van der Waals surface area contributed by atoms with Crippen molar-refractivity contribution in [1.29, 1.82) is 0 Å². The Kier molecular flexibility index (Phi) is 9.62. The molecule has 4 rings (SSSR count). The molecule has 0 saturated carbocycles. The van der Waals surface area contributed by atoms with Gasteiger partial charge in [-0.1, -0.05) is 41.6 Å². The normalized spacial score (nSPS) is 11.6. The van der Waals surface area contributed by atoms with Crippen molar-refractivity contribution < 1.29 is 23.5 Å². The van der Waals surface area contributed by atoms with E-state index < -0.39 is 17.9 Å². The zero-order valence-electron chi connectivity index (χ0n) is 21.9. The van der Waals surface area contributed by atoms with Gasteiger partial charge in [-0.3, -0.25) is 9.36 Å². The number of anilines is 1. The summed E-state index contributed by atoms with van der Waals surface area (Å²) < 4.78 is 26.3. The highest BCUT2D eigenvalue weighted by molar-refractivity contribution is 7.99. The molecule has 1 atom stereocenters. The Balaban J connectivity index is 1.48. The number of nitrogens with zero attached hydrogens (tertiary/aromatic N) is 3. The van der Waals surface area contributed by atoms with Crippen molar-refractivity contribution in [1.82, 2.24) is 14.8 Å². The van der Waals surface area contributed by atoms with E-state index in [1.54, 1.807) is 35.7 Å².